The second kappa shape index (κ2) is 7.02. The van der Waals surface area contributed by atoms with Crippen LogP contribution in [0.1, 0.15) is 41.6 Å². The Balaban J connectivity index is 1.34. The van der Waals surface area contributed by atoms with Crippen LogP contribution >= 0.6 is 0 Å². The number of nitriles is 1. The Bertz CT molecular complexity index is 716. The summed E-state index contributed by atoms with van der Waals surface area (Å²) in [5.74, 6) is 1.45. The zero-order valence-corrected chi connectivity index (χ0v) is 15.5. The molecule has 1 aromatic rings. The first-order valence-electron chi connectivity index (χ1n) is 9.68. The Morgan fingerprint density at radius 1 is 1.27 bits per heavy atom. The van der Waals surface area contributed by atoms with Gasteiger partial charge in [0, 0.05) is 31.9 Å². The second-order valence-electron chi connectivity index (χ2n) is 8.34. The molecular weight excluding hydrogens is 326 g/mol. The molecule has 1 spiro atoms. The maximum atomic E-state index is 12.7. The van der Waals surface area contributed by atoms with E-state index in [9.17, 15) is 4.79 Å². The summed E-state index contributed by atoms with van der Waals surface area (Å²) in [5, 5.41) is 9.03. The minimum atomic E-state index is 0.0354. The topological polar surface area (TPSA) is 56.6 Å². The number of benzene rings is 1. The number of likely N-dealkylation sites (N-methyl/N-ethyl adjacent to an activating group) is 1. The van der Waals surface area contributed by atoms with Crippen LogP contribution in [0.5, 0.6) is 0 Å². The van der Waals surface area contributed by atoms with Crippen LogP contribution in [0.2, 0.25) is 0 Å². The molecule has 3 aliphatic rings. The van der Waals surface area contributed by atoms with E-state index in [2.05, 4.69) is 18.0 Å². The van der Waals surface area contributed by atoms with Crippen LogP contribution in [0.4, 0.5) is 0 Å². The maximum Gasteiger partial charge on any atom is 0.254 e. The van der Waals surface area contributed by atoms with Crippen molar-refractivity contribution in [3.63, 3.8) is 0 Å². The van der Waals surface area contributed by atoms with E-state index < -0.39 is 0 Å². The Kier molecular flexibility index (Phi) is 4.73. The average molecular weight is 353 g/mol. The zero-order valence-electron chi connectivity index (χ0n) is 15.5. The molecule has 5 heteroatoms. The molecule has 2 aliphatic heterocycles. The van der Waals surface area contributed by atoms with Gasteiger partial charge in [0.2, 0.25) is 0 Å². The number of nitrogens with zero attached hydrogens (tertiary/aromatic N) is 3. The van der Waals surface area contributed by atoms with Crippen LogP contribution in [0.15, 0.2) is 24.3 Å². The summed E-state index contributed by atoms with van der Waals surface area (Å²) in [7, 11) is 2.18. The van der Waals surface area contributed by atoms with Crippen LogP contribution < -0.4 is 0 Å². The van der Waals surface area contributed by atoms with Gasteiger partial charge in [-0.3, -0.25) is 9.69 Å². The van der Waals surface area contributed by atoms with Crippen molar-refractivity contribution < 1.29 is 9.53 Å². The monoisotopic (exact) mass is 353 g/mol. The highest BCUT2D eigenvalue weighted by atomic mass is 16.5. The standard InChI is InChI=1S/C21H27N3O2/c1-23-8-7-18(13-26-12-16-5-6-16)10-21(23)14-24(15-21)20(25)19-4-2-3-17(9-19)11-22/h2-4,9,16,18H,5-8,10,12-15H2,1H3/t18-/m1/s1. The Morgan fingerprint density at radius 3 is 2.77 bits per heavy atom. The predicted molar refractivity (Wildman–Crippen MR) is 98.7 cm³/mol. The number of hydrogen-bond acceptors (Lipinski definition) is 4. The molecule has 0 N–H and O–H groups in total. The van der Waals surface area contributed by atoms with Gasteiger partial charge in [-0.1, -0.05) is 6.07 Å². The van der Waals surface area contributed by atoms with Gasteiger partial charge in [0.05, 0.1) is 17.2 Å². The molecular formula is C21H27N3O2. The molecule has 2 heterocycles. The average Bonchev–Trinajstić information content (AvgIpc) is 3.45. The van der Waals surface area contributed by atoms with Crippen molar-refractivity contribution in [3.8, 4) is 6.07 Å². The van der Waals surface area contributed by atoms with E-state index >= 15 is 0 Å². The number of piperidine rings is 1. The second-order valence-corrected chi connectivity index (χ2v) is 8.34. The maximum absolute atomic E-state index is 12.7. The van der Waals surface area contributed by atoms with Crippen molar-refractivity contribution in [1.82, 2.24) is 9.80 Å². The fourth-order valence-corrected chi connectivity index (χ4v) is 4.32. The summed E-state index contributed by atoms with van der Waals surface area (Å²) in [4.78, 5) is 17.1. The van der Waals surface area contributed by atoms with Gasteiger partial charge in [-0.05, 0) is 69.3 Å². The van der Waals surface area contributed by atoms with Gasteiger partial charge in [0.25, 0.3) is 5.91 Å². The lowest BCUT2D eigenvalue weighted by molar-refractivity contribution is -0.0761. The summed E-state index contributed by atoms with van der Waals surface area (Å²) in [6.07, 6.45) is 4.96. The summed E-state index contributed by atoms with van der Waals surface area (Å²) < 4.78 is 5.93. The van der Waals surface area contributed by atoms with Crippen LogP contribution in [0.25, 0.3) is 0 Å². The van der Waals surface area contributed by atoms with Gasteiger partial charge in [0.15, 0.2) is 0 Å². The molecule has 0 aromatic heterocycles. The van der Waals surface area contributed by atoms with Gasteiger partial charge in [0.1, 0.15) is 0 Å². The van der Waals surface area contributed by atoms with Crippen LogP contribution in [-0.2, 0) is 4.74 Å². The normalized spacial score (nSPS) is 24.9. The quantitative estimate of drug-likeness (QED) is 0.816. The minimum Gasteiger partial charge on any atom is -0.381 e. The lowest BCUT2D eigenvalue weighted by Crippen LogP contribution is -2.72. The predicted octanol–water partition coefficient (Wildman–Crippen LogP) is 2.52. The van der Waals surface area contributed by atoms with E-state index in [0.29, 0.717) is 17.0 Å². The Hall–Kier alpha value is -1.90. The molecule has 1 saturated carbocycles. The summed E-state index contributed by atoms with van der Waals surface area (Å²) >= 11 is 0. The lowest BCUT2D eigenvalue weighted by Gasteiger charge is -2.58. The Morgan fingerprint density at radius 2 is 2.04 bits per heavy atom. The van der Waals surface area contributed by atoms with Gasteiger partial charge >= 0.3 is 0 Å². The molecule has 0 bridgehead atoms. The third-order valence-electron chi connectivity index (χ3n) is 6.25. The number of likely N-dealkylation sites (tertiary alicyclic amines) is 2. The summed E-state index contributed by atoms with van der Waals surface area (Å²) in [6.45, 7) is 4.42. The molecule has 3 fully saturated rings. The summed E-state index contributed by atoms with van der Waals surface area (Å²) in [5.41, 5.74) is 1.25. The largest absolute Gasteiger partial charge is 0.381 e. The number of carbonyl (C=O) groups excluding carboxylic acids is 1. The lowest BCUT2D eigenvalue weighted by atomic mass is 9.75. The molecule has 26 heavy (non-hydrogen) atoms. The highest BCUT2D eigenvalue weighted by Gasteiger charge is 2.51. The van der Waals surface area contributed by atoms with Gasteiger partial charge < -0.3 is 9.64 Å². The van der Waals surface area contributed by atoms with Crippen molar-refractivity contribution >= 4 is 5.91 Å². The van der Waals surface area contributed by atoms with Gasteiger partial charge in [-0.2, -0.15) is 5.26 Å². The molecule has 0 radical (unpaired) electrons. The van der Waals surface area contributed by atoms with Crippen molar-refractivity contribution in [3.05, 3.63) is 35.4 Å². The van der Waals surface area contributed by atoms with Crippen molar-refractivity contribution in [2.24, 2.45) is 11.8 Å². The van der Waals surface area contributed by atoms with Crippen LogP contribution in [-0.4, -0.2) is 61.1 Å². The van der Waals surface area contributed by atoms with Crippen molar-refractivity contribution in [2.45, 2.75) is 31.2 Å². The van der Waals surface area contributed by atoms with E-state index in [1.807, 2.05) is 4.90 Å². The molecule has 5 nitrogen and oxygen atoms in total. The van der Waals surface area contributed by atoms with E-state index in [1.165, 1.54) is 19.3 Å². The first-order chi connectivity index (χ1) is 12.6. The van der Waals surface area contributed by atoms with Crippen LogP contribution in [0, 0.1) is 23.2 Å². The van der Waals surface area contributed by atoms with Crippen molar-refractivity contribution in [2.75, 3.05) is 39.9 Å². The molecule has 1 amide bonds. The molecule has 4 rings (SSSR count). The molecule has 1 aliphatic carbocycles. The molecule has 0 unspecified atom stereocenters. The van der Waals surface area contributed by atoms with E-state index in [0.717, 1.165) is 45.2 Å². The highest BCUT2D eigenvalue weighted by Crippen LogP contribution is 2.39. The molecule has 138 valence electrons. The van der Waals surface area contributed by atoms with Gasteiger partial charge in [-0.25, -0.2) is 0 Å². The molecule has 1 atom stereocenters. The van der Waals surface area contributed by atoms with Crippen molar-refractivity contribution in [1.29, 1.82) is 5.26 Å². The number of rotatable bonds is 5. The zero-order chi connectivity index (χ0) is 18.1. The minimum absolute atomic E-state index is 0.0354. The first kappa shape index (κ1) is 17.5. The van der Waals surface area contributed by atoms with E-state index in [1.54, 1.807) is 24.3 Å². The first-order valence-corrected chi connectivity index (χ1v) is 9.68. The smallest absolute Gasteiger partial charge is 0.254 e. The number of hydrogen-bond donors (Lipinski definition) is 0. The third kappa shape index (κ3) is 3.49. The van der Waals surface area contributed by atoms with E-state index in [-0.39, 0.29) is 11.4 Å². The Labute approximate surface area is 155 Å². The highest BCUT2D eigenvalue weighted by molar-refractivity contribution is 5.95. The fraction of sp³-hybridized carbons (Fsp3) is 0.619. The van der Waals surface area contributed by atoms with Crippen LogP contribution in [0.3, 0.4) is 0 Å². The number of carbonyl (C=O) groups is 1. The molecule has 2 saturated heterocycles. The summed E-state index contributed by atoms with van der Waals surface area (Å²) in [6, 6.07) is 9.10. The third-order valence-corrected chi connectivity index (χ3v) is 6.25. The molecule has 1 aromatic carbocycles. The van der Waals surface area contributed by atoms with E-state index in [4.69, 9.17) is 10.00 Å². The fourth-order valence-electron chi connectivity index (χ4n) is 4.32. The van der Waals surface area contributed by atoms with Gasteiger partial charge in [-0.15, -0.1) is 0 Å². The number of amides is 1. The number of ether oxygens (including phenoxy) is 1. The SMILES string of the molecule is CN1CC[C@@H](COCC2CC2)CC12CN(C(=O)c1cccc(C#N)c1)C2.